The highest BCUT2D eigenvalue weighted by atomic mass is 19.2. The van der Waals surface area contributed by atoms with Crippen LogP contribution in [0.4, 0.5) is 13.2 Å². The van der Waals surface area contributed by atoms with E-state index in [9.17, 15) is 18.0 Å². The number of halogens is 3. The molecule has 0 aromatic heterocycles. The monoisotopic (exact) mass is 283 g/mol. The van der Waals surface area contributed by atoms with Crippen LogP contribution >= 0.6 is 0 Å². The summed E-state index contributed by atoms with van der Waals surface area (Å²) in [7, 11) is 0. The molecule has 0 saturated carbocycles. The van der Waals surface area contributed by atoms with Gasteiger partial charge in [0.05, 0.1) is 6.04 Å². The Hall–Kier alpha value is -1.52. The highest BCUT2D eigenvalue weighted by Crippen LogP contribution is 2.39. The molecule has 2 heterocycles. The van der Waals surface area contributed by atoms with Crippen LogP contribution in [0.15, 0.2) is 12.1 Å². The maximum absolute atomic E-state index is 13.4. The van der Waals surface area contributed by atoms with Crippen LogP contribution in [0.2, 0.25) is 0 Å². The third kappa shape index (κ3) is 2.19. The predicted molar refractivity (Wildman–Crippen MR) is 67.4 cm³/mol. The van der Waals surface area contributed by atoms with E-state index in [4.69, 9.17) is 0 Å². The molecule has 0 unspecified atom stereocenters. The summed E-state index contributed by atoms with van der Waals surface area (Å²) in [5, 5.41) is 0. The van der Waals surface area contributed by atoms with Crippen LogP contribution in [0.1, 0.15) is 50.1 Å². The number of piperidine rings is 2. The first-order valence-corrected chi connectivity index (χ1v) is 7.03. The number of amides is 1. The van der Waals surface area contributed by atoms with E-state index in [-0.39, 0.29) is 18.0 Å². The lowest BCUT2D eigenvalue weighted by atomic mass is 9.85. The van der Waals surface area contributed by atoms with Crippen molar-refractivity contribution in [3.8, 4) is 0 Å². The minimum absolute atomic E-state index is 0.0380. The van der Waals surface area contributed by atoms with E-state index in [0.717, 1.165) is 37.8 Å². The normalized spacial score (nSPS) is 26.6. The summed E-state index contributed by atoms with van der Waals surface area (Å²) in [5.74, 6) is -3.79. The molecule has 0 aliphatic carbocycles. The summed E-state index contributed by atoms with van der Waals surface area (Å²) in [5.41, 5.74) is 0.362. The van der Waals surface area contributed by atoms with Crippen molar-refractivity contribution < 1.29 is 18.0 Å². The number of hydrogen-bond donors (Lipinski definition) is 0. The van der Waals surface area contributed by atoms with Crippen molar-refractivity contribution in [2.24, 2.45) is 0 Å². The second kappa shape index (κ2) is 5.11. The number of carbonyl (C=O) groups excluding carboxylic acids is 1. The minimum atomic E-state index is -1.45. The molecule has 5 heteroatoms. The van der Waals surface area contributed by atoms with Crippen LogP contribution in [0.3, 0.4) is 0 Å². The van der Waals surface area contributed by atoms with Gasteiger partial charge in [-0.15, -0.1) is 0 Å². The van der Waals surface area contributed by atoms with Crippen molar-refractivity contribution >= 4 is 5.91 Å². The Kier molecular flexibility index (Phi) is 3.44. The van der Waals surface area contributed by atoms with E-state index < -0.39 is 17.5 Å². The van der Waals surface area contributed by atoms with Gasteiger partial charge in [0.25, 0.3) is 0 Å². The zero-order valence-corrected chi connectivity index (χ0v) is 11.0. The molecule has 108 valence electrons. The lowest BCUT2D eigenvalue weighted by molar-refractivity contribution is -0.142. The fourth-order valence-electron chi connectivity index (χ4n) is 3.45. The summed E-state index contributed by atoms with van der Waals surface area (Å²) < 4.78 is 39.9. The molecule has 20 heavy (non-hydrogen) atoms. The van der Waals surface area contributed by atoms with E-state index in [0.29, 0.717) is 18.4 Å². The SMILES string of the molecule is O=C1CCC[C@H]2CCC[C@@H](c3cc(F)c(F)c(F)c3)N12. The summed E-state index contributed by atoms with van der Waals surface area (Å²) in [6, 6.07) is 1.87. The van der Waals surface area contributed by atoms with Gasteiger partial charge in [-0.05, 0) is 49.8 Å². The number of benzene rings is 1. The van der Waals surface area contributed by atoms with E-state index in [1.807, 2.05) is 0 Å². The first-order valence-electron chi connectivity index (χ1n) is 7.03. The van der Waals surface area contributed by atoms with Crippen molar-refractivity contribution in [1.29, 1.82) is 0 Å². The summed E-state index contributed by atoms with van der Waals surface area (Å²) in [4.78, 5) is 13.9. The third-order valence-electron chi connectivity index (χ3n) is 4.35. The van der Waals surface area contributed by atoms with Gasteiger partial charge in [-0.25, -0.2) is 13.2 Å². The molecule has 0 N–H and O–H groups in total. The van der Waals surface area contributed by atoms with Gasteiger partial charge in [-0.1, -0.05) is 0 Å². The summed E-state index contributed by atoms with van der Waals surface area (Å²) in [6.45, 7) is 0. The zero-order valence-electron chi connectivity index (χ0n) is 11.0. The summed E-state index contributed by atoms with van der Waals surface area (Å²) >= 11 is 0. The standard InChI is InChI=1S/C15H16F3NO/c16-11-7-9(8-12(17)15(11)18)13-5-1-3-10-4-2-6-14(20)19(10)13/h7-8,10,13H,1-6H2/t10-,13+/m1/s1. The van der Waals surface area contributed by atoms with Crippen LogP contribution in [-0.2, 0) is 4.79 Å². The summed E-state index contributed by atoms with van der Waals surface area (Å²) in [6.07, 6.45) is 4.83. The quantitative estimate of drug-likeness (QED) is 0.719. The second-order valence-corrected chi connectivity index (χ2v) is 5.59. The van der Waals surface area contributed by atoms with Crippen LogP contribution in [0, 0.1) is 17.5 Å². The molecule has 2 aliphatic rings. The van der Waals surface area contributed by atoms with Crippen LogP contribution in [-0.4, -0.2) is 16.8 Å². The van der Waals surface area contributed by atoms with Crippen LogP contribution in [0.25, 0.3) is 0 Å². The Morgan fingerprint density at radius 3 is 2.35 bits per heavy atom. The Labute approximate surface area is 115 Å². The van der Waals surface area contributed by atoms with Gasteiger partial charge in [-0.3, -0.25) is 4.79 Å². The Bertz CT molecular complexity index is 521. The van der Waals surface area contributed by atoms with Crippen molar-refractivity contribution in [1.82, 2.24) is 4.90 Å². The molecule has 2 aliphatic heterocycles. The molecular weight excluding hydrogens is 267 g/mol. The van der Waals surface area contributed by atoms with Gasteiger partial charge in [0.2, 0.25) is 5.91 Å². The van der Waals surface area contributed by atoms with Gasteiger partial charge in [0.15, 0.2) is 17.5 Å². The van der Waals surface area contributed by atoms with Gasteiger partial charge in [0, 0.05) is 12.5 Å². The van der Waals surface area contributed by atoms with Crippen molar-refractivity contribution in [2.75, 3.05) is 0 Å². The second-order valence-electron chi connectivity index (χ2n) is 5.59. The molecule has 2 saturated heterocycles. The number of fused-ring (bicyclic) bond motifs is 1. The van der Waals surface area contributed by atoms with Gasteiger partial charge >= 0.3 is 0 Å². The van der Waals surface area contributed by atoms with Crippen LogP contribution < -0.4 is 0 Å². The number of nitrogens with zero attached hydrogens (tertiary/aromatic N) is 1. The van der Waals surface area contributed by atoms with Gasteiger partial charge < -0.3 is 4.90 Å². The topological polar surface area (TPSA) is 20.3 Å². The molecule has 2 fully saturated rings. The highest BCUT2D eigenvalue weighted by molar-refractivity contribution is 5.78. The molecule has 1 aromatic rings. The fourth-order valence-corrected chi connectivity index (χ4v) is 3.45. The lowest BCUT2D eigenvalue weighted by Gasteiger charge is -2.45. The molecule has 1 aromatic carbocycles. The van der Waals surface area contributed by atoms with Crippen molar-refractivity contribution in [3.63, 3.8) is 0 Å². The zero-order chi connectivity index (χ0) is 14.3. The smallest absolute Gasteiger partial charge is 0.223 e. The number of carbonyl (C=O) groups is 1. The van der Waals surface area contributed by atoms with Gasteiger partial charge in [-0.2, -0.15) is 0 Å². The molecule has 2 atom stereocenters. The first-order chi connectivity index (χ1) is 9.58. The maximum Gasteiger partial charge on any atom is 0.223 e. The molecule has 0 radical (unpaired) electrons. The third-order valence-corrected chi connectivity index (χ3v) is 4.35. The van der Waals surface area contributed by atoms with E-state index >= 15 is 0 Å². The van der Waals surface area contributed by atoms with Crippen molar-refractivity contribution in [2.45, 2.75) is 50.6 Å². The molecule has 0 spiro atoms. The number of rotatable bonds is 1. The van der Waals surface area contributed by atoms with Gasteiger partial charge in [0.1, 0.15) is 0 Å². The number of hydrogen-bond acceptors (Lipinski definition) is 1. The molecule has 2 nitrogen and oxygen atoms in total. The average Bonchev–Trinajstić information content (AvgIpc) is 2.44. The average molecular weight is 283 g/mol. The lowest BCUT2D eigenvalue weighted by Crippen LogP contribution is -2.48. The predicted octanol–water partition coefficient (Wildman–Crippen LogP) is 3.71. The first kappa shape index (κ1) is 13.5. The van der Waals surface area contributed by atoms with Crippen LogP contribution in [0.5, 0.6) is 0 Å². The van der Waals surface area contributed by atoms with E-state index in [2.05, 4.69) is 0 Å². The molecule has 1 amide bonds. The fraction of sp³-hybridized carbons (Fsp3) is 0.533. The van der Waals surface area contributed by atoms with E-state index in [1.165, 1.54) is 0 Å². The Morgan fingerprint density at radius 1 is 1.00 bits per heavy atom. The molecular formula is C15H16F3NO. The highest BCUT2D eigenvalue weighted by Gasteiger charge is 2.37. The Morgan fingerprint density at radius 2 is 1.65 bits per heavy atom. The van der Waals surface area contributed by atoms with Crippen molar-refractivity contribution in [3.05, 3.63) is 35.1 Å². The Balaban J connectivity index is 1.97. The molecule has 0 bridgehead atoms. The minimum Gasteiger partial charge on any atom is -0.333 e. The molecule has 3 rings (SSSR count). The largest absolute Gasteiger partial charge is 0.333 e. The van der Waals surface area contributed by atoms with E-state index in [1.54, 1.807) is 4.90 Å². The maximum atomic E-state index is 13.4.